The number of thiophene rings is 1. The zero-order valence-corrected chi connectivity index (χ0v) is 14.4. The third-order valence-corrected chi connectivity index (χ3v) is 5.21. The maximum absolute atomic E-state index is 12.2. The second-order valence-corrected chi connectivity index (χ2v) is 7.25. The van der Waals surface area contributed by atoms with Crippen molar-refractivity contribution in [1.82, 2.24) is 16.2 Å². The summed E-state index contributed by atoms with van der Waals surface area (Å²) in [4.78, 5) is 13.5. The summed E-state index contributed by atoms with van der Waals surface area (Å²) in [5.74, 6) is 0.0590. The zero-order chi connectivity index (χ0) is 15.4. The normalized spacial score (nSPS) is 21.0. The third-order valence-electron chi connectivity index (χ3n) is 3.74. The van der Waals surface area contributed by atoms with Crippen molar-refractivity contribution in [3.8, 4) is 0 Å². The van der Waals surface area contributed by atoms with Crippen LogP contribution in [0.15, 0.2) is 46.3 Å². The molecular formula is C16H18BrN3OS. The number of hydrogen-bond acceptors (Lipinski definition) is 4. The van der Waals surface area contributed by atoms with Gasteiger partial charge in [0.25, 0.3) is 0 Å². The van der Waals surface area contributed by atoms with E-state index in [1.807, 2.05) is 18.2 Å². The lowest BCUT2D eigenvalue weighted by atomic mass is 10.0. The quantitative estimate of drug-likeness (QED) is 0.748. The first-order valence-electron chi connectivity index (χ1n) is 7.29. The van der Waals surface area contributed by atoms with Crippen LogP contribution in [-0.2, 0) is 11.2 Å². The van der Waals surface area contributed by atoms with Gasteiger partial charge in [-0.05, 0) is 42.0 Å². The summed E-state index contributed by atoms with van der Waals surface area (Å²) in [7, 11) is 0. The van der Waals surface area contributed by atoms with E-state index < -0.39 is 0 Å². The van der Waals surface area contributed by atoms with Crippen molar-refractivity contribution >= 4 is 33.2 Å². The predicted octanol–water partition coefficient (Wildman–Crippen LogP) is 2.78. The van der Waals surface area contributed by atoms with Crippen LogP contribution >= 0.6 is 27.3 Å². The van der Waals surface area contributed by atoms with Crippen LogP contribution in [0.2, 0.25) is 0 Å². The topological polar surface area (TPSA) is 53.2 Å². The van der Waals surface area contributed by atoms with Crippen molar-refractivity contribution in [3.63, 3.8) is 0 Å². The molecule has 1 aliphatic rings. The monoisotopic (exact) mass is 379 g/mol. The Kier molecular flexibility index (Phi) is 5.25. The number of carbonyl (C=O) groups excluding carboxylic acids is 1. The molecule has 116 valence electrons. The van der Waals surface area contributed by atoms with E-state index in [0.29, 0.717) is 6.54 Å². The second kappa shape index (κ2) is 7.37. The molecule has 6 heteroatoms. The summed E-state index contributed by atoms with van der Waals surface area (Å²) >= 11 is 5.16. The van der Waals surface area contributed by atoms with Gasteiger partial charge in [0.1, 0.15) is 6.04 Å². The molecular weight excluding hydrogens is 362 g/mol. The van der Waals surface area contributed by atoms with Crippen molar-refractivity contribution in [3.05, 3.63) is 56.7 Å². The van der Waals surface area contributed by atoms with Gasteiger partial charge in [-0.25, -0.2) is 10.9 Å². The molecule has 1 aliphatic heterocycles. The number of nitrogens with one attached hydrogen (secondary N) is 3. The first-order valence-corrected chi connectivity index (χ1v) is 8.96. The third kappa shape index (κ3) is 3.95. The summed E-state index contributed by atoms with van der Waals surface area (Å²) in [6.07, 6.45) is 1.65. The Balaban J connectivity index is 1.47. The molecule has 2 aromatic rings. The van der Waals surface area contributed by atoms with Gasteiger partial charge < -0.3 is 5.32 Å². The maximum atomic E-state index is 12.2. The first kappa shape index (κ1) is 15.7. The van der Waals surface area contributed by atoms with Crippen LogP contribution in [-0.4, -0.2) is 18.5 Å². The van der Waals surface area contributed by atoms with E-state index in [9.17, 15) is 4.79 Å². The van der Waals surface area contributed by atoms with Gasteiger partial charge in [-0.1, -0.05) is 34.1 Å². The second-order valence-electron chi connectivity index (χ2n) is 5.30. The van der Waals surface area contributed by atoms with Crippen molar-refractivity contribution < 1.29 is 4.79 Å². The van der Waals surface area contributed by atoms with E-state index in [0.717, 1.165) is 17.3 Å². The standard InChI is InChI=1S/C16H18BrN3OS/c17-12-5-3-11(4-6-12)14-10-15(20-19-14)16(21)18-8-7-13-2-1-9-22-13/h1-6,9,14-15,19-20H,7-8,10H2,(H,18,21). The minimum atomic E-state index is -0.183. The largest absolute Gasteiger partial charge is 0.354 e. The van der Waals surface area contributed by atoms with Crippen LogP contribution in [0.3, 0.4) is 0 Å². The van der Waals surface area contributed by atoms with E-state index in [4.69, 9.17) is 0 Å². The van der Waals surface area contributed by atoms with Gasteiger partial charge in [-0.3, -0.25) is 4.79 Å². The Labute approximate surface area is 142 Å². The van der Waals surface area contributed by atoms with Crippen molar-refractivity contribution in [2.24, 2.45) is 0 Å². The molecule has 0 saturated carbocycles. The van der Waals surface area contributed by atoms with Crippen LogP contribution in [0.25, 0.3) is 0 Å². The zero-order valence-electron chi connectivity index (χ0n) is 12.0. The fourth-order valence-electron chi connectivity index (χ4n) is 2.53. The molecule has 1 aromatic carbocycles. The number of rotatable bonds is 5. The lowest BCUT2D eigenvalue weighted by molar-refractivity contribution is -0.122. The van der Waals surface area contributed by atoms with Gasteiger partial charge in [0, 0.05) is 21.9 Å². The van der Waals surface area contributed by atoms with Crippen molar-refractivity contribution in [2.45, 2.75) is 24.9 Å². The Bertz CT molecular complexity index is 615. The van der Waals surface area contributed by atoms with E-state index in [1.54, 1.807) is 11.3 Å². The number of carbonyl (C=O) groups is 1. The molecule has 1 aromatic heterocycles. The molecule has 0 bridgehead atoms. The number of halogens is 1. The Hall–Kier alpha value is -1.21. The molecule has 4 nitrogen and oxygen atoms in total. The molecule has 1 fully saturated rings. The van der Waals surface area contributed by atoms with Gasteiger partial charge >= 0.3 is 0 Å². The highest BCUT2D eigenvalue weighted by molar-refractivity contribution is 9.10. The molecule has 0 radical (unpaired) electrons. The fraction of sp³-hybridized carbons (Fsp3) is 0.312. The van der Waals surface area contributed by atoms with E-state index in [2.05, 4.69) is 55.7 Å². The predicted molar refractivity (Wildman–Crippen MR) is 92.6 cm³/mol. The highest BCUT2D eigenvalue weighted by Crippen LogP contribution is 2.23. The summed E-state index contributed by atoms with van der Waals surface area (Å²) in [5.41, 5.74) is 7.48. The molecule has 0 aliphatic carbocycles. The number of hydrogen-bond donors (Lipinski definition) is 3. The molecule has 2 heterocycles. The lowest BCUT2D eigenvalue weighted by Crippen LogP contribution is -2.43. The minimum absolute atomic E-state index is 0.0590. The van der Waals surface area contributed by atoms with Crippen LogP contribution in [0.5, 0.6) is 0 Å². The highest BCUT2D eigenvalue weighted by atomic mass is 79.9. The maximum Gasteiger partial charge on any atom is 0.238 e. The number of hydrazine groups is 1. The summed E-state index contributed by atoms with van der Waals surface area (Å²) < 4.78 is 1.06. The molecule has 2 atom stereocenters. The van der Waals surface area contributed by atoms with Crippen LogP contribution < -0.4 is 16.2 Å². The van der Waals surface area contributed by atoms with Gasteiger partial charge in [0.15, 0.2) is 0 Å². The Morgan fingerprint density at radius 1 is 1.27 bits per heavy atom. The molecule has 3 N–H and O–H groups in total. The minimum Gasteiger partial charge on any atom is -0.354 e. The van der Waals surface area contributed by atoms with Gasteiger partial charge in [0.2, 0.25) is 5.91 Å². The van der Waals surface area contributed by atoms with Gasteiger partial charge in [0.05, 0.1) is 0 Å². The van der Waals surface area contributed by atoms with E-state index in [-0.39, 0.29) is 18.0 Å². The average molecular weight is 380 g/mol. The lowest BCUT2D eigenvalue weighted by Gasteiger charge is -2.10. The molecule has 3 rings (SSSR count). The van der Waals surface area contributed by atoms with Crippen LogP contribution in [0.1, 0.15) is 22.9 Å². The summed E-state index contributed by atoms with van der Waals surface area (Å²) in [6, 6.07) is 12.3. The van der Waals surface area contributed by atoms with Crippen molar-refractivity contribution in [2.75, 3.05) is 6.54 Å². The van der Waals surface area contributed by atoms with E-state index >= 15 is 0 Å². The van der Waals surface area contributed by atoms with Crippen LogP contribution in [0, 0.1) is 0 Å². The number of benzene rings is 1. The van der Waals surface area contributed by atoms with Gasteiger partial charge in [-0.2, -0.15) is 0 Å². The molecule has 0 spiro atoms. The average Bonchev–Trinajstić information content (AvgIpc) is 3.19. The smallest absolute Gasteiger partial charge is 0.238 e. The first-order chi connectivity index (χ1) is 10.7. The summed E-state index contributed by atoms with van der Waals surface area (Å²) in [5, 5.41) is 5.06. The fourth-order valence-corrected chi connectivity index (χ4v) is 3.50. The molecule has 2 unspecified atom stereocenters. The van der Waals surface area contributed by atoms with Gasteiger partial charge in [-0.15, -0.1) is 11.3 Å². The molecule has 1 saturated heterocycles. The van der Waals surface area contributed by atoms with E-state index in [1.165, 1.54) is 10.4 Å². The highest BCUT2D eigenvalue weighted by Gasteiger charge is 2.29. The van der Waals surface area contributed by atoms with Crippen molar-refractivity contribution in [1.29, 1.82) is 0 Å². The number of amides is 1. The summed E-state index contributed by atoms with van der Waals surface area (Å²) in [6.45, 7) is 0.681. The SMILES string of the molecule is O=C(NCCc1cccs1)C1CC(c2ccc(Br)cc2)NN1. The van der Waals surface area contributed by atoms with Crippen LogP contribution in [0.4, 0.5) is 0 Å². The molecule has 22 heavy (non-hydrogen) atoms. The Morgan fingerprint density at radius 2 is 2.09 bits per heavy atom. The Morgan fingerprint density at radius 3 is 2.82 bits per heavy atom. The molecule has 1 amide bonds.